The van der Waals surface area contributed by atoms with Gasteiger partial charge in [0.2, 0.25) is 11.8 Å². The number of carbonyl (C=O) groups is 2. The number of hydrogen-bond acceptors (Lipinski definition) is 6. The van der Waals surface area contributed by atoms with Crippen molar-refractivity contribution in [2.45, 2.75) is 32.6 Å². The molecule has 1 saturated carbocycles. The summed E-state index contributed by atoms with van der Waals surface area (Å²) in [6.07, 6.45) is 3.88. The van der Waals surface area contributed by atoms with Crippen molar-refractivity contribution in [2.24, 2.45) is 16.7 Å². The fourth-order valence-corrected chi connectivity index (χ4v) is 4.89. The topological polar surface area (TPSA) is 105 Å². The number of nitrogens with one attached hydrogen (secondary N) is 1. The molecular formula is C14H23N3O2S2. The van der Waals surface area contributed by atoms with Crippen molar-refractivity contribution in [1.29, 1.82) is 5.26 Å². The van der Waals surface area contributed by atoms with Gasteiger partial charge in [0, 0.05) is 5.75 Å². The van der Waals surface area contributed by atoms with Crippen molar-refractivity contribution in [3.8, 4) is 6.07 Å². The van der Waals surface area contributed by atoms with Gasteiger partial charge in [-0.3, -0.25) is 14.9 Å². The minimum atomic E-state index is -0.822. The molecule has 0 aromatic heterocycles. The van der Waals surface area contributed by atoms with Gasteiger partial charge in [0.1, 0.15) is 0 Å². The van der Waals surface area contributed by atoms with Crippen LogP contribution in [0, 0.1) is 28.1 Å². The highest BCUT2D eigenvalue weighted by Crippen LogP contribution is 2.64. The standard InChI is InChI=1S/C14H20N2O2S2.H3N/c1-13-10(8-15)7-14(13,12(18)16-11(13)17)9-20-6-4-2-3-5-19;/h10,19H,2-7,9H2,1H3,(H,16,17,18);1H3/t10-,13-,14-;/m0./s1. The summed E-state index contributed by atoms with van der Waals surface area (Å²) in [7, 11) is 0. The Bertz CT molecular complexity index is 466. The first kappa shape index (κ1) is 18.3. The molecule has 2 amide bonds. The molecule has 1 heterocycles. The van der Waals surface area contributed by atoms with Gasteiger partial charge in [-0.1, -0.05) is 6.42 Å². The molecule has 1 saturated heterocycles. The second-order valence-corrected chi connectivity index (χ2v) is 7.34. The fourth-order valence-electron chi connectivity index (χ4n) is 3.21. The average molecular weight is 329 g/mol. The van der Waals surface area contributed by atoms with E-state index in [1.165, 1.54) is 0 Å². The van der Waals surface area contributed by atoms with Crippen molar-refractivity contribution < 1.29 is 9.59 Å². The molecule has 0 spiro atoms. The van der Waals surface area contributed by atoms with Crippen LogP contribution < -0.4 is 11.5 Å². The van der Waals surface area contributed by atoms with Crippen LogP contribution in [0.1, 0.15) is 32.6 Å². The van der Waals surface area contributed by atoms with Crippen LogP contribution in [-0.4, -0.2) is 29.1 Å². The Morgan fingerprint density at radius 3 is 2.71 bits per heavy atom. The van der Waals surface area contributed by atoms with Crippen LogP contribution in [0.4, 0.5) is 0 Å². The van der Waals surface area contributed by atoms with Gasteiger partial charge < -0.3 is 6.15 Å². The Hall–Kier alpha value is -0.710. The number of amides is 2. The number of nitrogens with zero attached hydrogens (tertiary/aromatic N) is 1. The van der Waals surface area contributed by atoms with E-state index in [-0.39, 0.29) is 23.9 Å². The second kappa shape index (κ2) is 7.03. The predicted molar refractivity (Wildman–Crippen MR) is 87.5 cm³/mol. The van der Waals surface area contributed by atoms with Crippen molar-refractivity contribution in [3.05, 3.63) is 0 Å². The molecule has 4 N–H and O–H groups in total. The lowest BCUT2D eigenvalue weighted by molar-refractivity contribution is -0.151. The van der Waals surface area contributed by atoms with E-state index in [1.54, 1.807) is 18.7 Å². The largest absolute Gasteiger partial charge is 0.344 e. The molecule has 0 aromatic carbocycles. The molecule has 0 unspecified atom stereocenters. The molecule has 0 radical (unpaired) electrons. The van der Waals surface area contributed by atoms with E-state index >= 15 is 0 Å². The molecule has 3 atom stereocenters. The van der Waals surface area contributed by atoms with Gasteiger partial charge >= 0.3 is 0 Å². The first-order chi connectivity index (χ1) is 9.53. The van der Waals surface area contributed by atoms with Crippen molar-refractivity contribution >= 4 is 36.2 Å². The number of nitriles is 1. The summed E-state index contributed by atoms with van der Waals surface area (Å²) in [5.74, 6) is 1.76. The monoisotopic (exact) mass is 329 g/mol. The molecule has 2 rings (SSSR count). The van der Waals surface area contributed by atoms with Crippen molar-refractivity contribution in [3.63, 3.8) is 0 Å². The summed E-state index contributed by atoms with van der Waals surface area (Å²) in [5.41, 5.74) is -1.48. The summed E-state index contributed by atoms with van der Waals surface area (Å²) in [6.45, 7) is 1.77. The lowest BCUT2D eigenvalue weighted by atomic mass is 9.46. The Balaban J connectivity index is 0.00000220. The van der Waals surface area contributed by atoms with Crippen LogP contribution in [0.15, 0.2) is 0 Å². The normalized spacial score (nSPS) is 33.5. The number of imide groups is 1. The molecule has 2 fully saturated rings. The van der Waals surface area contributed by atoms with Crippen LogP contribution in [0.3, 0.4) is 0 Å². The van der Waals surface area contributed by atoms with E-state index in [2.05, 4.69) is 24.0 Å². The highest BCUT2D eigenvalue weighted by atomic mass is 32.2. The summed E-state index contributed by atoms with van der Waals surface area (Å²) < 4.78 is 0. The highest BCUT2D eigenvalue weighted by Gasteiger charge is 2.74. The van der Waals surface area contributed by atoms with Gasteiger partial charge in [-0.2, -0.15) is 29.7 Å². The third-order valence-electron chi connectivity index (χ3n) is 4.83. The summed E-state index contributed by atoms with van der Waals surface area (Å²) in [5, 5.41) is 11.6. The molecule has 1 aliphatic carbocycles. The highest BCUT2D eigenvalue weighted by molar-refractivity contribution is 7.99. The molecule has 5 nitrogen and oxygen atoms in total. The smallest absolute Gasteiger partial charge is 0.234 e. The number of thiol groups is 1. The number of unbranched alkanes of at least 4 members (excludes halogenated alkanes) is 2. The van der Waals surface area contributed by atoms with Crippen LogP contribution >= 0.6 is 24.4 Å². The first-order valence-corrected chi connectivity index (χ1v) is 8.76. The SMILES string of the molecule is C[C@]12C(=O)NC(=O)[C@@]1(CSCCCCCS)C[C@H]2C#N.N. The zero-order valence-corrected chi connectivity index (χ0v) is 14.1. The van der Waals surface area contributed by atoms with Crippen LogP contribution in [-0.2, 0) is 9.59 Å². The van der Waals surface area contributed by atoms with Crippen molar-refractivity contribution in [2.75, 3.05) is 17.3 Å². The maximum absolute atomic E-state index is 12.1. The maximum Gasteiger partial charge on any atom is 0.234 e. The van der Waals surface area contributed by atoms with Gasteiger partial charge in [-0.15, -0.1) is 0 Å². The molecule has 7 heteroatoms. The van der Waals surface area contributed by atoms with Crippen molar-refractivity contribution in [1.82, 2.24) is 11.5 Å². The van der Waals surface area contributed by atoms with E-state index in [0.29, 0.717) is 12.2 Å². The van der Waals surface area contributed by atoms with E-state index in [1.807, 2.05) is 0 Å². The molecule has 2 aliphatic rings. The first-order valence-electron chi connectivity index (χ1n) is 6.97. The lowest BCUT2D eigenvalue weighted by Gasteiger charge is -2.52. The molecule has 1 aliphatic heterocycles. The number of carbonyl (C=O) groups excluding carboxylic acids is 2. The Morgan fingerprint density at radius 1 is 1.38 bits per heavy atom. The van der Waals surface area contributed by atoms with Gasteiger partial charge in [0.25, 0.3) is 0 Å². The molecular weight excluding hydrogens is 306 g/mol. The summed E-state index contributed by atoms with van der Waals surface area (Å²) in [6, 6.07) is 2.18. The number of fused-ring (bicyclic) bond motifs is 1. The Morgan fingerprint density at radius 2 is 2.10 bits per heavy atom. The van der Waals surface area contributed by atoms with Crippen LogP contribution in [0.25, 0.3) is 0 Å². The van der Waals surface area contributed by atoms with E-state index in [4.69, 9.17) is 5.26 Å². The Kier molecular flexibility index (Phi) is 6.14. The number of thioether (sulfide) groups is 1. The second-order valence-electron chi connectivity index (χ2n) is 5.79. The predicted octanol–water partition coefficient (Wildman–Crippen LogP) is 2.17. The van der Waals surface area contributed by atoms with E-state index in [0.717, 1.165) is 30.8 Å². The minimum Gasteiger partial charge on any atom is -0.344 e. The fraction of sp³-hybridized carbons (Fsp3) is 0.786. The van der Waals surface area contributed by atoms with Gasteiger partial charge in [0.05, 0.1) is 22.8 Å². The molecule has 21 heavy (non-hydrogen) atoms. The zero-order chi connectivity index (χ0) is 14.8. The number of hydrogen-bond donors (Lipinski definition) is 3. The average Bonchev–Trinajstić information content (AvgIpc) is 2.56. The van der Waals surface area contributed by atoms with Gasteiger partial charge in [0.15, 0.2) is 0 Å². The van der Waals surface area contributed by atoms with Crippen LogP contribution in [0.2, 0.25) is 0 Å². The van der Waals surface area contributed by atoms with Crippen LogP contribution in [0.5, 0.6) is 0 Å². The molecule has 0 bridgehead atoms. The minimum absolute atomic E-state index is 0. The van der Waals surface area contributed by atoms with E-state index < -0.39 is 10.8 Å². The van der Waals surface area contributed by atoms with E-state index in [9.17, 15) is 9.59 Å². The molecule has 118 valence electrons. The number of rotatable bonds is 7. The summed E-state index contributed by atoms with van der Waals surface area (Å²) >= 11 is 5.90. The Labute approximate surface area is 135 Å². The van der Waals surface area contributed by atoms with Gasteiger partial charge in [-0.05, 0) is 37.7 Å². The third kappa shape index (κ3) is 2.69. The zero-order valence-electron chi connectivity index (χ0n) is 12.4. The molecule has 0 aromatic rings. The van der Waals surface area contributed by atoms with Gasteiger partial charge in [-0.25, -0.2) is 0 Å². The maximum atomic E-state index is 12.1. The summed E-state index contributed by atoms with van der Waals surface area (Å²) in [4.78, 5) is 24.2. The third-order valence-corrected chi connectivity index (χ3v) is 6.42. The lowest BCUT2D eigenvalue weighted by Crippen LogP contribution is -2.59. The quantitative estimate of drug-likeness (QED) is 0.377.